The van der Waals surface area contributed by atoms with Gasteiger partial charge in [0.15, 0.2) is 6.10 Å². The summed E-state index contributed by atoms with van der Waals surface area (Å²) in [7, 11) is 0. The Labute approximate surface area is 118 Å². The first kappa shape index (κ1) is 13.5. The molecule has 5 heteroatoms. The minimum atomic E-state index is -0.474. The fourth-order valence-corrected chi connectivity index (χ4v) is 2.43. The number of hydrogen-bond acceptors (Lipinski definition) is 4. The minimum absolute atomic E-state index is 0.00713. The molecule has 2 fully saturated rings. The lowest BCUT2D eigenvalue weighted by Crippen LogP contribution is -2.46. The molecule has 1 saturated heterocycles. The lowest BCUT2D eigenvalue weighted by Gasteiger charge is -2.29. The fourth-order valence-electron chi connectivity index (χ4n) is 2.43. The molecule has 2 aliphatic rings. The lowest BCUT2D eigenvalue weighted by atomic mass is 10.1. The zero-order valence-corrected chi connectivity index (χ0v) is 11.5. The minimum Gasteiger partial charge on any atom is -0.376 e. The zero-order valence-electron chi connectivity index (χ0n) is 11.5. The Balaban J connectivity index is 1.78. The lowest BCUT2D eigenvalue weighted by molar-refractivity contribution is -0.144. The highest BCUT2D eigenvalue weighted by molar-refractivity contribution is 5.97. The van der Waals surface area contributed by atoms with Crippen LogP contribution in [0.1, 0.15) is 18.4 Å². The van der Waals surface area contributed by atoms with Crippen LogP contribution in [0.2, 0.25) is 0 Å². The molecule has 1 atom stereocenters. The Kier molecular flexibility index (Phi) is 4.00. The SMILES string of the molecule is NCc1ccc(N(C(=O)C2COCCO2)C2CC2)cc1. The van der Waals surface area contributed by atoms with Gasteiger partial charge >= 0.3 is 0 Å². The van der Waals surface area contributed by atoms with E-state index in [0.717, 1.165) is 24.1 Å². The first-order chi connectivity index (χ1) is 9.79. The third kappa shape index (κ3) is 2.85. The molecule has 2 N–H and O–H groups in total. The second-order valence-electron chi connectivity index (χ2n) is 5.24. The summed E-state index contributed by atoms with van der Waals surface area (Å²) in [6.07, 6.45) is 1.63. The second-order valence-corrected chi connectivity index (χ2v) is 5.24. The molecule has 1 unspecified atom stereocenters. The Morgan fingerprint density at radius 1 is 1.25 bits per heavy atom. The zero-order chi connectivity index (χ0) is 13.9. The Morgan fingerprint density at radius 2 is 2.00 bits per heavy atom. The largest absolute Gasteiger partial charge is 0.376 e. The van der Waals surface area contributed by atoms with Crippen molar-refractivity contribution in [3.63, 3.8) is 0 Å². The highest BCUT2D eigenvalue weighted by Crippen LogP contribution is 2.33. The molecule has 108 valence electrons. The van der Waals surface area contributed by atoms with Gasteiger partial charge in [-0.3, -0.25) is 4.79 Å². The number of hydrogen-bond donors (Lipinski definition) is 1. The van der Waals surface area contributed by atoms with E-state index in [1.54, 1.807) is 0 Å². The van der Waals surface area contributed by atoms with E-state index in [0.29, 0.717) is 32.4 Å². The highest BCUT2D eigenvalue weighted by atomic mass is 16.6. The maximum atomic E-state index is 12.6. The molecule has 0 bridgehead atoms. The average Bonchev–Trinajstić information content (AvgIpc) is 3.34. The number of nitrogens with two attached hydrogens (primary N) is 1. The van der Waals surface area contributed by atoms with E-state index >= 15 is 0 Å². The van der Waals surface area contributed by atoms with Crippen LogP contribution in [-0.4, -0.2) is 37.9 Å². The van der Waals surface area contributed by atoms with Gasteiger partial charge in [-0.15, -0.1) is 0 Å². The summed E-state index contributed by atoms with van der Waals surface area (Å²) in [4.78, 5) is 14.5. The maximum Gasteiger partial charge on any atom is 0.258 e. The van der Waals surface area contributed by atoms with Gasteiger partial charge in [0.05, 0.1) is 19.8 Å². The molecule has 1 saturated carbocycles. The molecule has 3 rings (SSSR count). The van der Waals surface area contributed by atoms with Crippen molar-refractivity contribution >= 4 is 11.6 Å². The monoisotopic (exact) mass is 276 g/mol. The fraction of sp³-hybridized carbons (Fsp3) is 0.533. The summed E-state index contributed by atoms with van der Waals surface area (Å²) < 4.78 is 10.9. The van der Waals surface area contributed by atoms with Crippen molar-refractivity contribution in [3.8, 4) is 0 Å². The van der Waals surface area contributed by atoms with Crippen LogP contribution in [0.25, 0.3) is 0 Å². The molecular formula is C15H20N2O3. The molecular weight excluding hydrogens is 256 g/mol. The van der Waals surface area contributed by atoms with Crippen LogP contribution in [0.15, 0.2) is 24.3 Å². The number of anilines is 1. The predicted molar refractivity (Wildman–Crippen MR) is 75.4 cm³/mol. The van der Waals surface area contributed by atoms with E-state index in [1.165, 1.54) is 0 Å². The molecule has 0 aromatic heterocycles. The smallest absolute Gasteiger partial charge is 0.258 e. The number of benzene rings is 1. The Bertz CT molecular complexity index is 465. The summed E-state index contributed by atoms with van der Waals surface area (Å²) in [6.45, 7) is 1.92. The molecule has 1 amide bonds. The van der Waals surface area contributed by atoms with Crippen molar-refractivity contribution in [3.05, 3.63) is 29.8 Å². The van der Waals surface area contributed by atoms with E-state index in [-0.39, 0.29) is 5.91 Å². The predicted octanol–water partition coefficient (Wildman–Crippen LogP) is 1.06. The van der Waals surface area contributed by atoms with Crippen LogP contribution in [0.3, 0.4) is 0 Å². The third-order valence-corrected chi connectivity index (χ3v) is 3.69. The summed E-state index contributed by atoms with van der Waals surface area (Å²) in [5.74, 6) is 0.00713. The van der Waals surface area contributed by atoms with Gasteiger partial charge in [-0.1, -0.05) is 12.1 Å². The summed E-state index contributed by atoms with van der Waals surface area (Å²) in [6, 6.07) is 8.16. The Morgan fingerprint density at radius 3 is 2.55 bits per heavy atom. The third-order valence-electron chi connectivity index (χ3n) is 3.69. The van der Waals surface area contributed by atoms with Crippen LogP contribution in [0.4, 0.5) is 5.69 Å². The van der Waals surface area contributed by atoms with E-state index in [9.17, 15) is 4.79 Å². The Hall–Kier alpha value is -1.43. The van der Waals surface area contributed by atoms with Crippen molar-refractivity contribution in [2.75, 3.05) is 24.7 Å². The van der Waals surface area contributed by atoms with Gasteiger partial charge < -0.3 is 20.1 Å². The molecule has 1 aromatic rings. The number of amides is 1. The molecule has 20 heavy (non-hydrogen) atoms. The van der Waals surface area contributed by atoms with Crippen LogP contribution < -0.4 is 10.6 Å². The maximum absolute atomic E-state index is 12.6. The van der Waals surface area contributed by atoms with Gasteiger partial charge in [-0.05, 0) is 30.5 Å². The molecule has 1 aromatic carbocycles. The van der Waals surface area contributed by atoms with Gasteiger partial charge in [0.1, 0.15) is 0 Å². The number of nitrogens with zero attached hydrogens (tertiary/aromatic N) is 1. The van der Waals surface area contributed by atoms with Crippen molar-refractivity contribution in [1.29, 1.82) is 0 Å². The number of ether oxygens (including phenoxy) is 2. The summed E-state index contributed by atoms with van der Waals surface area (Å²) in [5, 5.41) is 0. The molecule has 1 aliphatic heterocycles. The van der Waals surface area contributed by atoms with Crippen molar-refractivity contribution in [2.24, 2.45) is 5.73 Å². The van der Waals surface area contributed by atoms with Crippen LogP contribution in [-0.2, 0) is 20.8 Å². The standard InChI is InChI=1S/C15H20N2O3/c16-9-11-1-3-12(4-2-11)17(13-5-6-13)15(18)14-10-19-7-8-20-14/h1-4,13-14H,5-10,16H2. The van der Waals surface area contributed by atoms with Crippen molar-refractivity contribution < 1.29 is 14.3 Å². The molecule has 0 spiro atoms. The van der Waals surface area contributed by atoms with E-state index in [1.807, 2.05) is 29.2 Å². The van der Waals surface area contributed by atoms with Crippen LogP contribution in [0, 0.1) is 0 Å². The summed E-state index contributed by atoms with van der Waals surface area (Å²) in [5.41, 5.74) is 7.59. The van der Waals surface area contributed by atoms with Crippen molar-refractivity contribution in [1.82, 2.24) is 0 Å². The molecule has 1 aliphatic carbocycles. The normalized spacial score (nSPS) is 22.6. The molecule has 0 radical (unpaired) electrons. The van der Waals surface area contributed by atoms with E-state index in [2.05, 4.69) is 0 Å². The second kappa shape index (κ2) is 5.91. The van der Waals surface area contributed by atoms with Crippen molar-refractivity contribution in [2.45, 2.75) is 31.5 Å². The molecule has 1 heterocycles. The van der Waals surface area contributed by atoms with Gasteiger partial charge in [-0.2, -0.15) is 0 Å². The van der Waals surface area contributed by atoms with E-state index < -0.39 is 6.10 Å². The topological polar surface area (TPSA) is 64.8 Å². The molecule has 5 nitrogen and oxygen atoms in total. The quantitative estimate of drug-likeness (QED) is 0.893. The highest BCUT2D eigenvalue weighted by Gasteiger charge is 2.38. The van der Waals surface area contributed by atoms with E-state index in [4.69, 9.17) is 15.2 Å². The number of rotatable bonds is 4. The first-order valence-electron chi connectivity index (χ1n) is 7.11. The summed E-state index contributed by atoms with van der Waals surface area (Å²) >= 11 is 0. The van der Waals surface area contributed by atoms with Crippen LogP contribution in [0.5, 0.6) is 0 Å². The van der Waals surface area contributed by atoms with Crippen LogP contribution >= 0.6 is 0 Å². The van der Waals surface area contributed by atoms with Gasteiger partial charge in [0.25, 0.3) is 5.91 Å². The van der Waals surface area contributed by atoms with Gasteiger partial charge in [-0.25, -0.2) is 0 Å². The average molecular weight is 276 g/mol. The number of carbonyl (C=O) groups is 1. The first-order valence-corrected chi connectivity index (χ1v) is 7.11. The van der Waals surface area contributed by atoms with Gasteiger partial charge in [0.2, 0.25) is 0 Å². The van der Waals surface area contributed by atoms with Gasteiger partial charge in [0, 0.05) is 18.3 Å². The number of carbonyl (C=O) groups excluding carboxylic acids is 1.